The Hall–Kier alpha value is -1.36. The molecule has 0 aromatic carbocycles. The smallest absolute Gasteiger partial charge is 0.307 e. The number of methoxy groups -OCH3 is 1. The summed E-state index contributed by atoms with van der Waals surface area (Å²) in [7, 11) is 1.36. The van der Waals surface area contributed by atoms with E-state index >= 15 is 0 Å². The lowest BCUT2D eigenvalue weighted by Gasteiger charge is -2.15. The molecule has 84 valence electrons. The topological polar surface area (TPSA) is 70.1 Å². The van der Waals surface area contributed by atoms with Crippen LogP contribution in [0.25, 0.3) is 0 Å². The van der Waals surface area contributed by atoms with E-state index in [2.05, 4.69) is 9.84 Å². The van der Waals surface area contributed by atoms with Gasteiger partial charge in [0.15, 0.2) is 0 Å². The Morgan fingerprint density at radius 1 is 1.67 bits per heavy atom. The molecule has 0 saturated carbocycles. The van der Waals surface area contributed by atoms with E-state index in [1.54, 1.807) is 6.20 Å². The zero-order chi connectivity index (χ0) is 11.4. The van der Waals surface area contributed by atoms with Gasteiger partial charge in [0.25, 0.3) is 0 Å². The number of esters is 1. The van der Waals surface area contributed by atoms with E-state index in [4.69, 9.17) is 5.73 Å². The minimum Gasteiger partial charge on any atom is -0.469 e. The van der Waals surface area contributed by atoms with Crippen molar-refractivity contribution >= 4 is 5.97 Å². The van der Waals surface area contributed by atoms with E-state index in [0.29, 0.717) is 0 Å². The summed E-state index contributed by atoms with van der Waals surface area (Å²) in [6.45, 7) is 4.03. The quantitative estimate of drug-likeness (QED) is 0.755. The summed E-state index contributed by atoms with van der Waals surface area (Å²) >= 11 is 0. The van der Waals surface area contributed by atoms with Crippen molar-refractivity contribution in [1.29, 1.82) is 0 Å². The van der Waals surface area contributed by atoms with E-state index < -0.39 is 0 Å². The molecule has 5 nitrogen and oxygen atoms in total. The van der Waals surface area contributed by atoms with Crippen LogP contribution in [0.3, 0.4) is 0 Å². The molecule has 1 heterocycles. The van der Waals surface area contributed by atoms with Crippen molar-refractivity contribution in [2.24, 2.45) is 5.73 Å². The van der Waals surface area contributed by atoms with Gasteiger partial charge in [-0.15, -0.1) is 0 Å². The lowest BCUT2D eigenvalue weighted by Crippen LogP contribution is -2.21. The van der Waals surface area contributed by atoms with Crippen molar-refractivity contribution < 1.29 is 9.53 Å². The third-order valence-electron chi connectivity index (χ3n) is 2.18. The summed E-state index contributed by atoms with van der Waals surface area (Å²) in [6, 6.07) is 1.70. The highest BCUT2D eigenvalue weighted by atomic mass is 16.5. The molecule has 0 aliphatic rings. The lowest BCUT2D eigenvalue weighted by atomic mass is 10.1. The van der Waals surface area contributed by atoms with Crippen molar-refractivity contribution in [3.63, 3.8) is 0 Å². The van der Waals surface area contributed by atoms with Crippen LogP contribution in [0.5, 0.6) is 0 Å². The molecule has 0 fully saturated rings. The molecule has 0 saturated heterocycles. The standard InChI is InChI=1S/C10H17N3O2/c1-7(2)13-9(4-5-12-13)8(11)6-10(14)15-3/h4-5,7-8H,6,11H2,1-3H3. The maximum absolute atomic E-state index is 11.1. The zero-order valence-electron chi connectivity index (χ0n) is 9.30. The first-order valence-electron chi connectivity index (χ1n) is 4.92. The number of nitrogens with zero attached hydrogens (tertiary/aromatic N) is 2. The Morgan fingerprint density at radius 2 is 2.33 bits per heavy atom. The Balaban J connectivity index is 2.77. The highest BCUT2D eigenvalue weighted by Gasteiger charge is 2.17. The van der Waals surface area contributed by atoms with Crippen LogP contribution < -0.4 is 5.73 Å². The first kappa shape index (κ1) is 11.7. The Morgan fingerprint density at radius 3 is 2.87 bits per heavy atom. The maximum atomic E-state index is 11.1. The Labute approximate surface area is 89.2 Å². The second-order valence-corrected chi connectivity index (χ2v) is 3.68. The van der Waals surface area contributed by atoms with Crippen LogP contribution >= 0.6 is 0 Å². The van der Waals surface area contributed by atoms with Crippen LogP contribution in [0.15, 0.2) is 12.3 Å². The number of rotatable bonds is 4. The summed E-state index contributed by atoms with van der Waals surface area (Å²) in [5.41, 5.74) is 6.75. The van der Waals surface area contributed by atoms with Gasteiger partial charge in [0, 0.05) is 12.2 Å². The molecule has 2 N–H and O–H groups in total. The molecule has 5 heteroatoms. The summed E-state index contributed by atoms with van der Waals surface area (Å²) in [5, 5.41) is 4.15. The molecule has 0 radical (unpaired) electrons. The van der Waals surface area contributed by atoms with Gasteiger partial charge in [0.2, 0.25) is 0 Å². The Kier molecular flexibility index (Phi) is 3.85. The van der Waals surface area contributed by atoms with Gasteiger partial charge in [-0.25, -0.2) is 0 Å². The minimum atomic E-state index is -0.359. The molecule has 1 atom stereocenters. The van der Waals surface area contributed by atoms with Crippen molar-refractivity contribution in [1.82, 2.24) is 9.78 Å². The van der Waals surface area contributed by atoms with Crippen LogP contribution in [0.2, 0.25) is 0 Å². The van der Waals surface area contributed by atoms with Crippen molar-refractivity contribution in [3.8, 4) is 0 Å². The van der Waals surface area contributed by atoms with Gasteiger partial charge in [-0.1, -0.05) is 0 Å². The van der Waals surface area contributed by atoms with Crippen LogP contribution in [-0.2, 0) is 9.53 Å². The predicted molar refractivity (Wildman–Crippen MR) is 56.2 cm³/mol. The number of nitrogens with two attached hydrogens (primary N) is 1. The molecular weight excluding hydrogens is 194 g/mol. The van der Waals surface area contributed by atoms with Crippen LogP contribution in [-0.4, -0.2) is 22.9 Å². The number of ether oxygens (including phenoxy) is 1. The van der Waals surface area contributed by atoms with Crippen LogP contribution in [0.1, 0.15) is 38.0 Å². The molecule has 0 aliphatic carbocycles. The number of aromatic nitrogens is 2. The largest absolute Gasteiger partial charge is 0.469 e. The minimum absolute atomic E-state index is 0.176. The number of hydrogen-bond acceptors (Lipinski definition) is 4. The van der Waals surface area contributed by atoms with Crippen molar-refractivity contribution in [3.05, 3.63) is 18.0 Å². The lowest BCUT2D eigenvalue weighted by molar-refractivity contribution is -0.141. The first-order valence-corrected chi connectivity index (χ1v) is 4.92. The average molecular weight is 211 g/mol. The SMILES string of the molecule is COC(=O)CC(N)c1ccnn1C(C)C. The molecule has 0 spiro atoms. The number of carbonyl (C=O) groups is 1. The monoisotopic (exact) mass is 211 g/mol. The Bertz CT molecular complexity index is 333. The average Bonchev–Trinajstić information content (AvgIpc) is 2.65. The van der Waals surface area contributed by atoms with Crippen LogP contribution in [0, 0.1) is 0 Å². The normalized spacial score (nSPS) is 12.9. The van der Waals surface area contributed by atoms with E-state index in [1.165, 1.54) is 7.11 Å². The second kappa shape index (κ2) is 4.93. The van der Waals surface area contributed by atoms with E-state index in [1.807, 2.05) is 24.6 Å². The highest BCUT2D eigenvalue weighted by molar-refractivity contribution is 5.70. The maximum Gasteiger partial charge on any atom is 0.307 e. The van der Waals surface area contributed by atoms with E-state index in [-0.39, 0.29) is 24.5 Å². The molecule has 1 unspecified atom stereocenters. The fourth-order valence-corrected chi connectivity index (χ4v) is 1.42. The van der Waals surface area contributed by atoms with E-state index in [9.17, 15) is 4.79 Å². The van der Waals surface area contributed by atoms with Gasteiger partial charge in [0.05, 0.1) is 25.3 Å². The van der Waals surface area contributed by atoms with Gasteiger partial charge in [0.1, 0.15) is 0 Å². The third kappa shape index (κ3) is 2.79. The van der Waals surface area contributed by atoms with Crippen molar-refractivity contribution in [2.45, 2.75) is 32.4 Å². The molecule has 1 aromatic rings. The van der Waals surface area contributed by atoms with Gasteiger partial charge in [-0.3, -0.25) is 9.48 Å². The summed E-state index contributed by atoms with van der Waals surface area (Å²) in [5.74, 6) is -0.306. The van der Waals surface area contributed by atoms with Gasteiger partial charge in [-0.2, -0.15) is 5.10 Å². The summed E-state index contributed by atoms with van der Waals surface area (Å²) in [4.78, 5) is 11.1. The molecule has 0 bridgehead atoms. The highest BCUT2D eigenvalue weighted by Crippen LogP contribution is 2.17. The van der Waals surface area contributed by atoms with E-state index in [0.717, 1.165) is 5.69 Å². The molecule has 1 rings (SSSR count). The fourth-order valence-electron chi connectivity index (χ4n) is 1.42. The third-order valence-corrected chi connectivity index (χ3v) is 2.18. The fraction of sp³-hybridized carbons (Fsp3) is 0.600. The molecule has 0 amide bonds. The van der Waals surface area contributed by atoms with Gasteiger partial charge >= 0.3 is 5.97 Å². The van der Waals surface area contributed by atoms with Gasteiger partial charge in [-0.05, 0) is 19.9 Å². The van der Waals surface area contributed by atoms with Gasteiger partial charge < -0.3 is 10.5 Å². The zero-order valence-corrected chi connectivity index (χ0v) is 9.30. The second-order valence-electron chi connectivity index (χ2n) is 3.68. The van der Waals surface area contributed by atoms with Crippen molar-refractivity contribution in [2.75, 3.05) is 7.11 Å². The molecule has 0 aliphatic heterocycles. The molecule has 1 aromatic heterocycles. The molecule has 15 heavy (non-hydrogen) atoms. The van der Waals surface area contributed by atoms with Crippen LogP contribution in [0.4, 0.5) is 0 Å². The first-order chi connectivity index (χ1) is 7.06. The number of hydrogen-bond donors (Lipinski definition) is 1. The number of carbonyl (C=O) groups excluding carboxylic acids is 1. The predicted octanol–water partition coefficient (Wildman–Crippen LogP) is 1.03. The summed E-state index contributed by atoms with van der Waals surface area (Å²) in [6.07, 6.45) is 1.86. The molecular formula is C10H17N3O2. The summed E-state index contributed by atoms with van der Waals surface area (Å²) < 4.78 is 6.38.